The molecule has 0 amide bonds. The number of H-pyrrole nitrogens is 3. The normalized spacial score (nSPS) is 27.9. The van der Waals surface area contributed by atoms with E-state index in [1.165, 1.54) is 77.0 Å². The molecule has 12 nitrogen and oxygen atoms in total. The fourth-order valence-corrected chi connectivity index (χ4v) is 8.45. The van der Waals surface area contributed by atoms with E-state index in [0.717, 1.165) is 0 Å². The van der Waals surface area contributed by atoms with E-state index in [1.54, 1.807) is 33.2 Å². The molecule has 3 unspecified atom stereocenters. The van der Waals surface area contributed by atoms with Gasteiger partial charge in [-0.1, -0.05) is 81.6 Å². The summed E-state index contributed by atoms with van der Waals surface area (Å²) in [7, 11) is 0. The topological polar surface area (TPSA) is 187 Å². The number of nitrogens with zero attached hydrogens (tertiary/aromatic N) is 3. The minimum Gasteiger partial charge on any atom is -0.259 e. The predicted octanol–water partition coefficient (Wildman–Crippen LogP) is 6.54. The molecule has 0 radical (unpaired) electrons. The van der Waals surface area contributed by atoms with Crippen molar-refractivity contribution in [3.8, 4) is 0 Å². The van der Waals surface area contributed by atoms with Crippen LogP contribution in [0.4, 0.5) is 0 Å². The van der Waals surface area contributed by atoms with Crippen molar-refractivity contribution in [1.29, 1.82) is 0 Å². The molecule has 3 aliphatic carbocycles. The predicted molar refractivity (Wildman–Crippen MR) is 188 cm³/mol. The molecule has 48 heavy (non-hydrogen) atoms. The maximum Gasteiger partial charge on any atom is 0.330 e. The van der Waals surface area contributed by atoms with Crippen LogP contribution in [0.1, 0.15) is 139 Å². The highest BCUT2D eigenvalue weighted by atomic mass is 16.2. The van der Waals surface area contributed by atoms with E-state index in [1.807, 2.05) is 0 Å². The summed E-state index contributed by atoms with van der Waals surface area (Å²) in [4.78, 5) is 77.3. The average molecular weight is 673 g/mol. The number of aromatic amines is 3. The van der Waals surface area contributed by atoms with Gasteiger partial charge >= 0.3 is 17.1 Å². The zero-order valence-corrected chi connectivity index (χ0v) is 30.9. The zero-order valence-electron chi connectivity index (χ0n) is 30.9. The molecule has 3 aliphatic rings. The molecule has 4 rings (SSSR count). The molecule has 1 aromatic rings. The van der Waals surface area contributed by atoms with Crippen LogP contribution in [0.25, 0.3) is 0 Å². The van der Waals surface area contributed by atoms with Gasteiger partial charge in [-0.25, -0.2) is 43.7 Å². The first-order valence-corrected chi connectivity index (χ1v) is 17.1. The number of carbonyl (C=O) groups excluding carboxylic acids is 3. The van der Waals surface area contributed by atoms with E-state index in [4.69, 9.17) is 0 Å². The Labute approximate surface area is 285 Å². The number of aromatic nitrogens is 3. The van der Waals surface area contributed by atoms with Crippen molar-refractivity contribution in [2.75, 3.05) is 19.6 Å². The third-order valence-corrected chi connectivity index (χ3v) is 9.87. The van der Waals surface area contributed by atoms with Crippen LogP contribution in [-0.2, 0) is 14.4 Å². The van der Waals surface area contributed by atoms with E-state index < -0.39 is 17.1 Å². The molecule has 3 fully saturated rings. The Hall–Kier alpha value is -3.45. The van der Waals surface area contributed by atoms with Crippen LogP contribution in [0.15, 0.2) is 29.4 Å². The number of hydrogen-bond donors (Lipinski definition) is 3. The second kappa shape index (κ2) is 18.4. The van der Waals surface area contributed by atoms with Gasteiger partial charge in [0.2, 0.25) is 18.2 Å². The van der Waals surface area contributed by atoms with E-state index in [-0.39, 0.29) is 16.2 Å². The highest BCUT2D eigenvalue weighted by Gasteiger charge is 2.38. The van der Waals surface area contributed by atoms with Gasteiger partial charge in [0.1, 0.15) is 0 Å². The Balaban J connectivity index is 0.000000323. The Morgan fingerprint density at radius 3 is 0.875 bits per heavy atom. The van der Waals surface area contributed by atoms with Gasteiger partial charge in [-0.15, -0.1) is 0 Å². The van der Waals surface area contributed by atoms with Crippen molar-refractivity contribution < 1.29 is 14.4 Å². The Morgan fingerprint density at radius 2 is 0.688 bits per heavy atom. The molecule has 0 spiro atoms. The third-order valence-electron chi connectivity index (χ3n) is 9.87. The number of isocyanates is 3. The van der Waals surface area contributed by atoms with Crippen LogP contribution in [0.2, 0.25) is 0 Å². The van der Waals surface area contributed by atoms with Crippen molar-refractivity contribution in [2.24, 2.45) is 47.5 Å². The Kier molecular flexibility index (Phi) is 16.3. The largest absolute Gasteiger partial charge is 0.330 e. The lowest BCUT2D eigenvalue weighted by atomic mass is 9.64. The maximum atomic E-state index is 10.2. The summed E-state index contributed by atoms with van der Waals surface area (Å²) >= 11 is 0. The summed E-state index contributed by atoms with van der Waals surface area (Å²) in [5.74, 6) is 0. The van der Waals surface area contributed by atoms with E-state index in [0.29, 0.717) is 35.9 Å². The average Bonchev–Trinajstić information content (AvgIpc) is 2.92. The smallest absolute Gasteiger partial charge is 0.259 e. The van der Waals surface area contributed by atoms with Gasteiger partial charge in [-0.2, -0.15) is 0 Å². The molecule has 0 saturated heterocycles. The second-order valence-corrected chi connectivity index (χ2v) is 17.6. The summed E-state index contributed by atoms with van der Waals surface area (Å²) in [5.41, 5.74) is -0.434. The molecule has 0 aliphatic heterocycles. The standard InChI is InChI=1S/3C11H19NO.C3H3N3O3/c3*1-10(2)5-4-6-11(3,7-10)8-12-9-13;7-1-4-2(8)6-3(9)5-1/h3*4-8H2,1-3H3;(H3,4,5,6,7,8,9). The molecule has 3 atom stereocenters. The molecule has 1 heterocycles. The summed E-state index contributed by atoms with van der Waals surface area (Å²) in [6.45, 7) is 22.5. The number of hydrogen-bond acceptors (Lipinski definition) is 9. The highest BCUT2D eigenvalue weighted by molar-refractivity contribution is 5.33. The van der Waals surface area contributed by atoms with Crippen LogP contribution < -0.4 is 17.1 Å². The SMILES string of the molecule is CC1(C)CCCC(C)(CN=C=O)C1.CC1(C)CCCC(C)(CN=C=O)C1.CC1(C)CCCC(C)(CN=C=O)C1.O=c1[nH]c(=O)[nH]c(=O)[nH]1. The molecule has 1 aromatic heterocycles. The van der Waals surface area contributed by atoms with Crippen LogP contribution in [0.3, 0.4) is 0 Å². The first-order valence-electron chi connectivity index (χ1n) is 17.1. The summed E-state index contributed by atoms with van der Waals surface area (Å²) in [5, 5.41) is 0. The van der Waals surface area contributed by atoms with Gasteiger partial charge in [-0.3, -0.25) is 15.0 Å². The molecular formula is C36H60N6O6. The lowest BCUT2D eigenvalue weighted by molar-refractivity contribution is 0.107. The van der Waals surface area contributed by atoms with Crippen molar-refractivity contribution >= 4 is 18.2 Å². The highest BCUT2D eigenvalue weighted by Crippen LogP contribution is 2.47. The van der Waals surface area contributed by atoms with Gasteiger partial charge in [0.25, 0.3) is 0 Å². The molecular weight excluding hydrogens is 612 g/mol. The Morgan fingerprint density at radius 1 is 0.458 bits per heavy atom. The van der Waals surface area contributed by atoms with Gasteiger partial charge < -0.3 is 0 Å². The van der Waals surface area contributed by atoms with Gasteiger partial charge in [0.05, 0.1) is 19.6 Å². The zero-order chi connectivity index (χ0) is 36.7. The first kappa shape index (κ1) is 42.6. The van der Waals surface area contributed by atoms with Crippen LogP contribution in [0, 0.1) is 32.5 Å². The number of aliphatic imine (C=N–C) groups is 3. The van der Waals surface area contributed by atoms with E-state index in [9.17, 15) is 28.8 Å². The molecule has 3 N–H and O–H groups in total. The molecule has 0 aromatic carbocycles. The number of nitrogens with one attached hydrogen (secondary N) is 3. The third kappa shape index (κ3) is 17.1. The second-order valence-electron chi connectivity index (χ2n) is 17.6. The first-order chi connectivity index (χ1) is 22.1. The summed E-state index contributed by atoms with van der Waals surface area (Å²) < 4.78 is 0. The van der Waals surface area contributed by atoms with Crippen LogP contribution in [0.5, 0.6) is 0 Å². The summed E-state index contributed by atoms with van der Waals surface area (Å²) in [6.07, 6.45) is 19.7. The van der Waals surface area contributed by atoms with E-state index >= 15 is 0 Å². The molecule has 3 saturated carbocycles. The minimum absolute atomic E-state index is 0.235. The maximum absolute atomic E-state index is 10.2. The van der Waals surface area contributed by atoms with E-state index in [2.05, 4.69) is 77.3 Å². The van der Waals surface area contributed by atoms with Gasteiger partial charge in [0.15, 0.2) is 0 Å². The fraction of sp³-hybridized carbons (Fsp3) is 0.833. The Bertz CT molecular complexity index is 1290. The van der Waals surface area contributed by atoms with Gasteiger partial charge in [0, 0.05) is 0 Å². The van der Waals surface area contributed by atoms with Crippen molar-refractivity contribution in [1.82, 2.24) is 15.0 Å². The molecule has 12 heteroatoms. The van der Waals surface area contributed by atoms with Gasteiger partial charge in [-0.05, 0) is 90.3 Å². The van der Waals surface area contributed by atoms with Crippen molar-refractivity contribution in [2.45, 2.75) is 139 Å². The van der Waals surface area contributed by atoms with Crippen molar-refractivity contribution in [3.05, 3.63) is 31.5 Å². The fourth-order valence-electron chi connectivity index (χ4n) is 8.45. The number of rotatable bonds is 6. The quantitative estimate of drug-likeness (QED) is 0.227. The van der Waals surface area contributed by atoms with Crippen molar-refractivity contribution in [3.63, 3.8) is 0 Å². The van der Waals surface area contributed by atoms with Crippen LogP contribution >= 0.6 is 0 Å². The lowest BCUT2D eigenvalue weighted by Gasteiger charge is -2.41. The molecule has 270 valence electrons. The lowest BCUT2D eigenvalue weighted by Crippen LogP contribution is -2.34. The summed E-state index contributed by atoms with van der Waals surface area (Å²) in [6, 6.07) is 0. The molecule has 0 bridgehead atoms. The minimum atomic E-state index is -0.802. The van der Waals surface area contributed by atoms with Crippen LogP contribution in [-0.4, -0.2) is 52.8 Å². The monoisotopic (exact) mass is 672 g/mol.